The van der Waals surface area contributed by atoms with Gasteiger partial charge in [0.1, 0.15) is 5.75 Å². The molecule has 0 saturated heterocycles. The third kappa shape index (κ3) is 6.26. The predicted molar refractivity (Wildman–Crippen MR) is 174 cm³/mol. The molecule has 2 aliphatic rings. The Morgan fingerprint density at radius 3 is 1.76 bits per heavy atom. The molecule has 0 radical (unpaired) electrons. The number of aromatic hydroxyl groups is 2. The van der Waals surface area contributed by atoms with E-state index in [1.54, 1.807) is 27.4 Å². The number of ether oxygens (including phenoxy) is 4. The van der Waals surface area contributed by atoms with Crippen molar-refractivity contribution in [2.45, 2.75) is 37.8 Å². The van der Waals surface area contributed by atoms with E-state index in [0.29, 0.717) is 17.2 Å². The third-order valence-corrected chi connectivity index (χ3v) is 9.37. The van der Waals surface area contributed by atoms with Crippen molar-refractivity contribution >= 4 is 0 Å². The first-order valence-corrected chi connectivity index (χ1v) is 15.4. The van der Waals surface area contributed by atoms with Crippen LogP contribution in [0, 0.1) is 0 Å². The van der Waals surface area contributed by atoms with Crippen molar-refractivity contribution in [2.24, 2.45) is 0 Å². The second-order valence-electron chi connectivity index (χ2n) is 12.1. The molecule has 0 saturated carbocycles. The van der Waals surface area contributed by atoms with Gasteiger partial charge in [-0.25, -0.2) is 0 Å². The summed E-state index contributed by atoms with van der Waals surface area (Å²) < 4.78 is 22.7. The van der Waals surface area contributed by atoms with Crippen molar-refractivity contribution < 1.29 is 29.2 Å². The average molecular weight is 611 g/mol. The van der Waals surface area contributed by atoms with Crippen molar-refractivity contribution in [3.05, 3.63) is 100 Å². The van der Waals surface area contributed by atoms with Gasteiger partial charge in [-0.3, -0.25) is 9.80 Å². The summed E-state index contributed by atoms with van der Waals surface area (Å²) in [5.74, 6) is 3.35. The van der Waals surface area contributed by atoms with Crippen LogP contribution in [-0.4, -0.2) is 68.5 Å². The van der Waals surface area contributed by atoms with E-state index in [9.17, 15) is 10.2 Å². The maximum atomic E-state index is 10.7. The van der Waals surface area contributed by atoms with Gasteiger partial charge < -0.3 is 29.2 Å². The van der Waals surface area contributed by atoms with Gasteiger partial charge in [0, 0.05) is 25.2 Å². The normalized spacial score (nSPS) is 18.2. The number of hydrogen-bond donors (Lipinski definition) is 2. The number of phenolic OH excluding ortho intramolecular Hbond substituents is 2. The van der Waals surface area contributed by atoms with Crippen LogP contribution < -0.4 is 18.9 Å². The minimum Gasteiger partial charge on any atom is -0.504 e. The highest BCUT2D eigenvalue weighted by atomic mass is 16.5. The number of likely N-dealkylation sites (N-methyl/N-ethyl adjacent to an activating group) is 2. The van der Waals surface area contributed by atoms with Crippen molar-refractivity contribution in [3.63, 3.8) is 0 Å². The number of hydrogen-bond acceptors (Lipinski definition) is 8. The summed E-state index contributed by atoms with van der Waals surface area (Å²) in [5, 5.41) is 21.1. The molecule has 2 N–H and O–H groups in total. The third-order valence-electron chi connectivity index (χ3n) is 9.37. The quantitative estimate of drug-likeness (QED) is 0.224. The highest BCUT2D eigenvalue weighted by Gasteiger charge is 2.28. The van der Waals surface area contributed by atoms with Crippen LogP contribution in [0.2, 0.25) is 0 Å². The molecule has 6 rings (SSSR count). The van der Waals surface area contributed by atoms with E-state index in [4.69, 9.17) is 18.9 Å². The van der Waals surface area contributed by atoms with Gasteiger partial charge >= 0.3 is 0 Å². The summed E-state index contributed by atoms with van der Waals surface area (Å²) >= 11 is 0. The molecule has 8 nitrogen and oxygen atoms in total. The van der Waals surface area contributed by atoms with Gasteiger partial charge in [-0.05, 0) is 122 Å². The van der Waals surface area contributed by atoms with Crippen molar-refractivity contribution in [3.8, 4) is 40.2 Å². The fourth-order valence-electron chi connectivity index (χ4n) is 6.73. The minimum atomic E-state index is 0.0994. The lowest BCUT2D eigenvalue weighted by Crippen LogP contribution is -2.33. The number of fused-ring (bicyclic) bond motifs is 2. The lowest BCUT2D eigenvalue weighted by atomic mass is 9.88. The summed E-state index contributed by atoms with van der Waals surface area (Å²) in [6.45, 7) is 1.88. The van der Waals surface area contributed by atoms with Crippen molar-refractivity contribution in [1.29, 1.82) is 0 Å². The number of nitrogens with zero attached hydrogens (tertiary/aromatic N) is 2. The summed E-state index contributed by atoms with van der Waals surface area (Å²) in [7, 11) is 9.18. The zero-order chi connectivity index (χ0) is 31.7. The Bertz CT molecular complexity index is 1670. The van der Waals surface area contributed by atoms with E-state index < -0.39 is 0 Å². The van der Waals surface area contributed by atoms with Gasteiger partial charge in [0.15, 0.2) is 34.5 Å². The molecule has 2 heterocycles. The van der Waals surface area contributed by atoms with Gasteiger partial charge in [-0.1, -0.05) is 18.2 Å². The standard InChI is InChI=1S/C37H42N2O6/c1-38-14-12-25-19-34(42-3)33(41)21-28(25)30(38)16-23-6-9-27(10-7-23)45-35-18-24(8-11-32(35)40)17-31-29-22-37(44-5)36(43-4)20-26(29)13-15-39(31)2/h6-11,18-22,30-31,40-41H,12-17H2,1-5H3. The molecule has 4 aromatic carbocycles. The Kier molecular flexibility index (Phi) is 8.79. The molecule has 0 spiro atoms. The Morgan fingerprint density at radius 2 is 1.13 bits per heavy atom. The molecule has 45 heavy (non-hydrogen) atoms. The summed E-state index contributed by atoms with van der Waals surface area (Å²) in [6, 6.07) is 21.9. The molecular weight excluding hydrogens is 568 g/mol. The maximum absolute atomic E-state index is 10.7. The second-order valence-corrected chi connectivity index (χ2v) is 12.1. The lowest BCUT2D eigenvalue weighted by molar-refractivity contribution is 0.227. The van der Waals surface area contributed by atoms with Crippen LogP contribution in [0.15, 0.2) is 66.7 Å². The molecule has 2 atom stereocenters. The molecular formula is C37H42N2O6. The first-order chi connectivity index (χ1) is 21.8. The highest BCUT2D eigenvalue weighted by Crippen LogP contribution is 2.41. The highest BCUT2D eigenvalue weighted by molar-refractivity contribution is 5.51. The van der Waals surface area contributed by atoms with Gasteiger partial charge in [-0.15, -0.1) is 0 Å². The van der Waals surface area contributed by atoms with E-state index in [2.05, 4.69) is 48.2 Å². The SMILES string of the molecule is COc1cc2c(cc1O)C(Cc1ccc(Oc3cc(CC4c5cc(OC)c(OC)cc5CCN4C)ccc3O)cc1)N(C)CC2. The summed E-state index contributed by atoms with van der Waals surface area (Å²) in [5.41, 5.74) is 7.07. The van der Waals surface area contributed by atoms with Gasteiger partial charge in [0.05, 0.1) is 21.3 Å². The molecule has 2 aliphatic heterocycles. The number of rotatable bonds is 9. The molecule has 236 valence electrons. The minimum absolute atomic E-state index is 0.0994. The van der Waals surface area contributed by atoms with E-state index >= 15 is 0 Å². The van der Waals surface area contributed by atoms with Crippen LogP contribution in [0.1, 0.15) is 45.5 Å². The molecule has 0 aromatic heterocycles. The van der Waals surface area contributed by atoms with E-state index in [1.165, 1.54) is 16.7 Å². The molecule has 0 bridgehead atoms. The Labute approximate surface area is 265 Å². The molecule has 4 aromatic rings. The predicted octanol–water partition coefficient (Wildman–Crippen LogP) is 6.46. The van der Waals surface area contributed by atoms with E-state index in [0.717, 1.165) is 67.0 Å². The molecule has 2 unspecified atom stereocenters. The van der Waals surface area contributed by atoms with Crippen molar-refractivity contribution in [2.75, 3.05) is 48.5 Å². The van der Waals surface area contributed by atoms with Crippen LogP contribution in [0.3, 0.4) is 0 Å². The topological polar surface area (TPSA) is 83.9 Å². The monoisotopic (exact) mass is 610 g/mol. The maximum Gasteiger partial charge on any atom is 0.169 e. The zero-order valence-corrected chi connectivity index (χ0v) is 26.7. The Balaban J connectivity index is 1.18. The lowest BCUT2D eigenvalue weighted by Gasteiger charge is -2.35. The molecule has 0 aliphatic carbocycles. The summed E-state index contributed by atoms with van der Waals surface area (Å²) in [6.07, 6.45) is 3.42. The number of benzene rings is 4. The first-order valence-electron chi connectivity index (χ1n) is 15.4. The van der Waals surface area contributed by atoms with Crippen LogP contribution >= 0.6 is 0 Å². The fraction of sp³-hybridized carbons (Fsp3) is 0.351. The van der Waals surface area contributed by atoms with Gasteiger partial charge in [-0.2, -0.15) is 0 Å². The Morgan fingerprint density at radius 1 is 0.600 bits per heavy atom. The largest absolute Gasteiger partial charge is 0.504 e. The number of methoxy groups -OCH3 is 3. The zero-order valence-electron chi connectivity index (χ0n) is 26.7. The van der Waals surface area contributed by atoms with Crippen molar-refractivity contribution in [1.82, 2.24) is 9.80 Å². The van der Waals surface area contributed by atoms with Crippen LogP contribution in [-0.2, 0) is 25.7 Å². The molecule has 8 heteroatoms. The molecule has 0 amide bonds. The molecule has 0 fully saturated rings. The van der Waals surface area contributed by atoms with E-state index in [1.807, 2.05) is 36.4 Å². The second kappa shape index (κ2) is 12.9. The van der Waals surface area contributed by atoms with Crippen LogP contribution in [0.5, 0.6) is 40.2 Å². The van der Waals surface area contributed by atoms with Crippen LogP contribution in [0.25, 0.3) is 0 Å². The first kappa shape index (κ1) is 30.6. The fourth-order valence-corrected chi connectivity index (χ4v) is 6.73. The van der Waals surface area contributed by atoms with Gasteiger partial charge in [0.25, 0.3) is 0 Å². The smallest absolute Gasteiger partial charge is 0.169 e. The van der Waals surface area contributed by atoms with Crippen LogP contribution in [0.4, 0.5) is 0 Å². The average Bonchev–Trinajstić information content (AvgIpc) is 3.05. The number of phenols is 2. The van der Waals surface area contributed by atoms with E-state index in [-0.39, 0.29) is 23.6 Å². The summed E-state index contributed by atoms with van der Waals surface area (Å²) in [4.78, 5) is 4.69. The van der Waals surface area contributed by atoms with Gasteiger partial charge in [0.2, 0.25) is 0 Å². The Hall–Kier alpha value is -4.40.